The Balaban J connectivity index is 2.02. The van der Waals surface area contributed by atoms with Crippen molar-refractivity contribution in [2.24, 2.45) is 0 Å². The zero-order valence-corrected chi connectivity index (χ0v) is 14.2. The topological polar surface area (TPSA) is 59.9 Å². The van der Waals surface area contributed by atoms with Crippen LogP contribution in [0.1, 0.15) is 0 Å². The molecular formula is C14H6BrClF4N4O. The van der Waals surface area contributed by atoms with Crippen LogP contribution in [0.15, 0.2) is 29.1 Å². The predicted molar refractivity (Wildman–Crippen MR) is 86.3 cm³/mol. The molecule has 3 aromatic rings. The minimum Gasteiger partial charge on any atom is -0.433 e. The van der Waals surface area contributed by atoms with Crippen LogP contribution in [0.25, 0.3) is 11.0 Å². The summed E-state index contributed by atoms with van der Waals surface area (Å²) in [6, 6.07) is 3.35. The van der Waals surface area contributed by atoms with Crippen LogP contribution < -0.4 is 10.1 Å². The summed E-state index contributed by atoms with van der Waals surface area (Å²) in [5.41, 5.74) is 0.190. The third-order valence-corrected chi connectivity index (χ3v) is 3.95. The molecule has 3 rings (SSSR count). The number of ether oxygens (including phenoxy) is 1. The van der Waals surface area contributed by atoms with Crippen molar-refractivity contribution in [3.05, 3.63) is 45.8 Å². The Labute approximate surface area is 151 Å². The van der Waals surface area contributed by atoms with Crippen molar-refractivity contribution in [3.8, 4) is 5.75 Å². The fourth-order valence-corrected chi connectivity index (χ4v) is 2.47. The van der Waals surface area contributed by atoms with E-state index in [2.05, 4.69) is 40.9 Å². The van der Waals surface area contributed by atoms with Crippen LogP contribution in [-0.4, -0.2) is 21.6 Å². The van der Waals surface area contributed by atoms with Gasteiger partial charge in [-0.2, -0.15) is 8.78 Å². The van der Waals surface area contributed by atoms with E-state index in [1.165, 1.54) is 0 Å². The highest BCUT2D eigenvalue weighted by Crippen LogP contribution is 2.35. The van der Waals surface area contributed by atoms with Gasteiger partial charge in [0, 0.05) is 6.07 Å². The molecule has 1 N–H and O–H groups in total. The first kappa shape index (κ1) is 17.6. The summed E-state index contributed by atoms with van der Waals surface area (Å²) in [6.07, 6.45) is 1.13. The third kappa shape index (κ3) is 3.59. The van der Waals surface area contributed by atoms with Gasteiger partial charge in [0.15, 0.2) is 17.5 Å². The van der Waals surface area contributed by atoms with Crippen LogP contribution >= 0.6 is 27.5 Å². The lowest BCUT2D eigenvalue weighted by atomic mass is 10.2. The van der Waals surface area contributed by atoms with Gasteiger partial charge in [-0.05, 0) is 28.1 Å². The molecule has 0 aliphatic heterocycles. The zero-order valence-electron chi connectivity index (χ0n) is 11.9. The van der Waals surface area contributed by atoms with Crippen LogP contribution in [0.4, 0.5) is 29.1 Å². The number of alkyl halides is 2. The summed E-state index contributed by atoms with van der Waals surface area (Å²) in [7, 11) is 0. The van der Waals surface area contributed by atoms with Crippen molar-refractivity contribution >= 4 is 50.1 Å². The average molecular weight is 438 g/mol. The van der Waals surface area contributed by atoms with Gasteiger partial charge in [-0.1, -0.05) is 11.6 Å². The number of halogens is 6. The van der Waals surface area contributed by atoms with Crippen LogP contribution in [-0.2, 0) is 0 Å². The first-order valence-corrected chi connectivity index (χ1v) is 7.70. The van der Waals surface area contributed by atoms with Crippen molar-refractivity contribution in [2.75, 3.05) is 5.32 Å². The van der Waals surface area contributed by atoms with Crippen LogP contribution in [0.2, 0.25) is 5.02 Å². The summed E-state index contributed by atoms with van der Waals surface area (Å²) in [6.45, 7) is -3.14. The fourth-order valence-electron chi connectivity index (χ4n) is 1.97. The number of fused-ring (bicyclic) bond motifs is 1. The molecule has 0 aliphatic carbocycles. The van der Waals surface area contributed by atoms with Crippen LogP contribution in [0.5, 0.6) is 5.75 Å². The molecule has 0 atom stereocenters. The minimum atomic E-state index is -3.14. The SMILES string of the molecule is Fc1cc2ncnc(Nc3ccc(OC(F)F)c(Cl)c3F)c2nc1Br. The number of hydrogen-bond acceptors (Lipinski definition) is 5. The van der Waals surface area contributed by atoms with Gasteiger partial charge < -0.3 is 10.1 Å². The summed E-state index contributed by atoms with van der Waals surface area (Å²) in [5.74, 6) is -2.08. The Hall–Kier alpha value is -2.20. The lowest BCUT2D eigenvalue weighted by molar-refractivity contribution is -0.0499. The van der Waals surface area contributed by atoms with Gasteiger partial charge in [0.25, 0.3) is 0 Å². The molecule has 0 saturated heterocycles. The standard InChI is InChI=1S/C14H6BrClF4N4O/c15-12-5(17)3-7-11(24-12)13(22-4-21-7)23-6-1-2-8(25-14(19)20)9(16)10(6)18/h1-4,14H,(H,21,22,23). The highest BCUT2D eigenvalue weighted by molar-refractivity contribution is 9.10. The maximum atomic E-state index is 14.3. The molecule has 0 unspecified atom stereocenters. The maximum Gasteiger partial charge on any atom is 0.387 e. The van der Waals surface area contributed by atoms with Gasteiger partial charge in [0.05, 0.1) is 11.2 Å². The van der Waals surface area contributed by atoms with Crippen LogP contribution in [0, 0.1) is 11.6 Å². The molecule has 11 heteroatoms. The third-order valence-electron chi connectivity index (χ3n) is 3.04. The molecule has 2 heterocycles. The molecule has 25 heavy (non-hydrogen) atoms. The molecule has 0 spiro atoms. The van der Waals surface area contributed by atoms with E-state index in [1.54, 1.807) is 0 Å². The lowest BCUT2D eigenvalue weighted by Crippen LogP contribution is -2.05. The van der Waals surface area contributed by atoms with E-state index in [-0.39, 0.29) is 27.1 Å². The average Bonchev–Trinajstić information content (AvgIpc) is 2.56. The van der Waals surface area contributed by atoms with E-state index in [1.807, 2.05) is 0 Å². The quantitative estimate of drug-likeness (QED) is 0.456. The monoisotopic (exact) mass is 436 g/mol. The van der Waals surface area contributed by atoms with Crippen LogP contribution in [0.3, 0.4) is 0 Å². The van der Waals surface area contributed by atoms with Gasteiger partial charge in [0.2, 0.25) is 0 Å². The summed E-state index contributed by atoms with van der Waals surface area (Å²) < 4.78 is 56.3. The van der Waals surface area contributed by atoms with Crippen molar-refractivity contribution in [1.82, 2.24) is 15.0 Å². The first-order chi connectivity index (χ1) is 11.9. The Kier molecular flexibility index (Phi) is 4.91. The molecule has 130 valence electrons. The summed E-state index contributed by atoms with van der Waals surface area (Å²) >= 11 is 8.64. The smallest absolute Gasteiger partial charge is 0.387 e. The highest BCUT2D eigenvalue weighted by atomic mass is 79.9. The maximum absolute atomic E-state index is 14.3. The molecule has 0 saturated carbocycles. The molecule has 2 aromatic heterocycles. The molecule has 0 radical (unpaired) electrons. The molecular weight excluding hydrogens is 432 g/mol. The first-order valence-electron chi connectivity index (χ1n) is 6.53. The predicted octanol–water partition coefficient (Wildman–Crippen LogP) is 5.06. The van der Waals surface area contributed by atoms with Gasteiger partial charge in [-0.25, -0.2) is 23.7 Å². The number of benzene rings is 1. The number of nitrogens with one attached hydrogen (secondary N) is 1. The van der Waals surface area contributed by atoms with E-state index < -0.39 is 29.0 Å². The van der Waals surface area contributed by atoms with Gasteiger partial charge in [0.1, 0.15) is 27.2 Å². The van der Waals surface area contributed by atoms with E-state index in [9.17, 15) is 17.6 Å². The zero-order chi connectivity index (χ0) is 18.1. The van der Waals surface area contributed by atoms with Crippen molar-refractivity contribution < 1.29 is 22.3 Å². The lowest BCUT2D eigenvalue weighted by Gasteiger charge is -2.12. The second kappa shape index (κ2) is 6.96. The molecule has 0 bridgehead atoms. The number of hydrogen-bond donors (Lipinski definition) is 1. The molecule has 0 aliphatic rings. The van der Waals surface area contributed by atoms with E-state index in [0.29, 0.717) is 0 Å². The second-order valence-electron chi connectivity index (χ2n) is 4.59. The number of rotatable bonds is 4. The van der Waals surface area contributed by atoms with Crippen molar-refractivity contribution in [3.63, 3.8) is 0 Å². The van der Waals surface area contributed by atoms with Gasteiger partial charge in [-0.15, -0.1) is 0 Å². The number of pyridine rings is 1. The van der Waals surface area contributed by atoms with Crippen molar-refractivity contribution in [1.29, 1.82) is 0 Å². The van der Waals surface area contributed by atoms with E-state index >= 15 is 0 Å². The number of anilines is 2. The van der Waals surface area contributed by atoms with Crippen molar-refractivity contribution in [2.45, 2.75) is 6.61 Å². The summed E-state index contributed by atoms with van der Waals surface area (Å²) in [4.78, 5) is 11.8. The fraction of sp³-hybridized carbons (Fsp3) is 0.0714. The Morgan fingerprint density at radius 2 is 1.96 bits per heavy atom. The number of aromatic nitrogens is 3. The largest absolute Gasteiger partial charge is 0.433 e. The van der Waals surface area contributed by atoms with E-state index in [0.717, 1.165) is 24.5 Å². The minimum absolute atomic E-state index is 0.0722. The molecule has 5 nitrogen and oxygen atoms in total. The molecule has 0 fully saturated rings. The molecule has 0 amide bonds. The Bertz CT molecular complexity index is 960. The van der Waals surface area contributed by atoms with Gasteiger partial charge in [-0.3, -0.25) is 0 Å². The molecule has 1 aromatic carbocycles. The number of nitrogens with zero attached hydrogens (tertiary/aromatic N) is 3. The second-order valence-corrected chi connectivity index (χ2v) is 5.72. The van der Waals surface area contributed by atoms with Gasteiger partial charge >= 0.3 is 6.61 Å². The Morgan fingerprint density at radius 1 is 1.20 bits per heavy atom. The van der Waals surface area contributed by atoms with E-state index in [4.69, 9.17) is 11.6 Å². The Morgan fingerprint density at radius 3 is 2.68 bits per heavy atom. The summed E-state index contributed by atoms with van der Waals surface area (Å²) in [5, 5.41) is 2.00. The normalized spacial score (nSPS) is 11.2. The highest BCUT2D eigenvalue weighted by Gasteiger charge is 2.17.